The highest BCUT2D eigenvalue weighted by atomic mass is 16.3. The summed E-state index contributed by atoms with van der Waals surface area (Å²) in [6.45, 7) is 5.55. The maximum absolute atomic E-state index is 8.75. The van der Waals surface area contributed by atoms with Gasteiger partial charge < -0.3 is 10.4 Å². The molecule has 0 unspecified atom stereocenters. The van der Waals surface area contributed by atoms with Crippen molar-refractivity contribution >= 4 is 0 Å². The van der Waals surface area contributed by atoms with Gasteiger partial charge in [0.25, 0.3) is 0 Å². The third kappa shape index (κ3) is 4.02. The molecule has 0 amide bonds. The molecule has 0 saturated carbocycles. The van der Waals surface area contributed by atoms with Gasteiger partial charge in [-0.15, -0.1) is 0 Å². The van der Waals surface area contributed by atoms with Crippen molar-refractivity contribution in [3.05, 3.63) is 35.9 Å². The van der Waals surface area contributed by atoms with E-state index in [0.717, 1.165) is 13.0 Å². The lowest BCUT2D eigenvalue weighted by Gasteiger charge is -2.22. The predicted octanol–water partition coefficient (Wildman–Crippen LogP) is 2.36. The van der Waals surface area contributed by atoms with Crippen molar-refractivity contribution in [3.63, 3.8) is 0 Å². The van der Waals surface area contributed by atoms with E-state index in [0.29, 0.717) is 12.0 Å². The van der Waals surface area contributed by atoms with Gasteiger partial charge in [0.1, 0.15) is 0 Å². The molecule has 0 aliphatic rings. The molecule has 0 radical (unpaired) electrons. The fourth-order valence-electron chi connectivity index (χ4n) is 1.74. The fourth-order valence-corrected chi connectivity index (χ4v) is 1.74. The number of aliphatic hydroxyl groups is 1. The summed E-state index contributed by atoms with van der Waals surface area (Å²) in [6, 6.07) is 10.9. The van der Waals surface area contributed by atoms with Crippen LogP contribution >= 0.6 is 0 Å². The minimum Gasteiger partial charge on any atom is -0.396 e. The molecule has 2 N–H and O–H groups in total. The van der Waals surface area contributed by atoms with E-state index in [1.807, 2.05) is 6.07 Å². The number of hydrogen-bond donors (Lipinski definition) is 2. The van der Waals surface area contributed by atoms with Gasteiger partial charge in [0, 0.05) is 12.6 Å². The summed E-state index contributed by atoms with van der Waals surface area (Å²) in [5.74, 6) is 0.561. The molecule has 0 aliphatic carbocycles. The molecule has 84 valence electrons. The highest BCUT2D eigenvalue weighted by Gasteiger charge is 2.13. The van der Waals surface area contributed by atoms with Gasteiger partial charge in [0.15, 0.2) is 0 Å². The van der Waals surface area contributed by atoms with Gasteiger partial charge >= 0.3 is 0 Å². The van der Waals surface area contributed by atoms with E-state index in [1.54, 1.807) is 0 Å². The molecule has 1 aromatic rings. The van der Waals surface area contributed by atoms with Gasteiger partial charge in [-0.2, -0.15) is 0 Å². The van der Waals surface area contributed by atoms with Crippen LogP contribution in [0.5, 0.6) is 0 Å². The Morgan fingerprint density at radius 3 is 2.40 bits per heavy atom. The fraction of sp³-hybridized carbons (Fsp3) is 0.538. The highest BCUT2D eigenvalue weighted by molar-refractivity contribution is 5.19. The summed E-state index contributed by atoms with van der Waals surface area (Å²) in [5, 5.41) is 12.2. The topological polar surface area (TPSA) is 32.3 Å². The van der Waals surface area contributed by atoms with E-state index in [9.17, 15) is 0 Å². The Bertz CT molecular complexity index is 258. The Morgan fingerprint density at radius 2 is 1.87 bits per heavy atom. The van der Waals surface area contributed by atoms with Crippen molar-refractivity contribution in [2.75, 3.05) is 13.2 Å². The molecule has 1 aromatic carbocycles. The van der Waals surface area contributed by atoms with E-state index >= 15 is 0 Å². The smallest absolute Gasteiger partial charge is 0.0443 e. The zero-order chi connectivity index (χ0) is 11.1. The molecule has 15 heavy (non-hydrogen) atoms. The summed E-state index contributed by atoms with van der Waals surface area (Å²) in [4.78, 5) is 0. The first-order chi connectivity index (χ1) is 7.25. The van der Waals surface area contributed by atoms with Crippen LogP contribution in [-0.4, -0.2) is 18.3 Å². The third-order valence-corrected chi connectivity index (χ3v) is 2.52. The molecule has 0 fully saturated rings. The summed E-state index contributed by atoms with van der Waals surface area (Å²) in [5.41, 5.74) is 1.32. The van der Waals surface area contributed by atoms with Crippen LogP contribution in [0.15, 0.2) is 30.3 Å². The number of aliphatic hydroxyl groups excluding tert-OH is 1. The Morgan fingerprint density at radius 1 is 1.20 bits per heavy atom. The van der Waals surface area contributed by atoms with Gasteiger partial charge in [-0.05, 0) is 24.4 Å². The van der Waals surface area contributed by atoms with Gasteiger partial charge in [-0.25, -0.2) is 0 Å². The zero-order valence-corrected chi connectivity index (χ0v) is 9.61. The molecule has 0 spiro atoms. The second-order valence-electron chi connectivity index (χ2n) is 4.16. The summed E-state index contributed by atoms with van der Waals surface area (Å²) < 4.78 is 0. The Balaban J connectivity index is 2.58. The molecule has 1 rings (SSSR count). The standard InChI is InChI=1S/C13H21NO/c1-11(2)13(14-9-6-10-15)12-7-4-3-5-8-12/h3-5,7-8,11,13-15H,6,9-10H2,1-2H3/t13-/m0/s1. The molecule has 0 heterocycles. The summed E-state index contributed by atoms with van der Waals surface area (Å²) in [6.07, 6.45) is 0.816. The minimum atomic E-state index is 0.257. The maximum Gasteiger partial charge on any atom is 0.0443 e. The number of hydrogen-bond acceptors (Lipinski definition) is 2. The van der Waals surface area contributed by atoms with E-state index in [2.05, 4.69) is 43.4 Å². The minimum absolute atomic E-state index is 0.257. The average molecular weight is 207 g/mol. The van der Waals surface area contributed by atoms with Crippen LogP contribution in [0.1, 0.15) is 31.9 Å². The number of benzene rings is 1. The summed E-state index contributed by atoms with van der Waals surface area (Å²) >= 11 is 0. The normalized spacial score (nSPS) is 13.1. The molecule has 0 bridgehead atoms. The van der Waals surface area contributed by atoms with Crippen molar-refractivity contribution in [3.8, 4) is 0 Å². The lowest BCUT2D eigenvalue weighted by Crippen LogP contribution is -2.27. The molecule has 2 heteroatoms. The van der Waals surface area contributed by atoms with Crippen LogP contribution in [0.2, 0.25) is 0 Å². The van der Waals surface area contributed by atoms with E-state index in [-0.39, 0.29) is 6.61 Å². The quantitative estimate of drug-likeness (QED) is 0.702. The predicted molar refractivity (Wildman–Crippen MR) is 63.7 cm³/mol. The van der Waals surface area contributed by atoms with Crippen molar-refractivity contribution in [2.45, 2.75) is 26.3 Å². The Hall–Kier alpha value is -0.860. The first-order valence-electron chi connectivity index (χ1n) is 5.65. The summed E-state index contributed by atoms with van der Waals surface area (Å²) in [7, 11) is 0. The molecule has 0 aromatic heterocycles. The van der Waals surface area contributed by atoms with E-state index < -0.39 is 0 Å². The van der Waals surface area contributed by atoms with Crippen molar-refractivity contribution in [2.24, 2.45) is 5.92 Å². The monoisotopic (exact) mass is 207 g/mol. The van der Waals surface area contributed by atoms with Crippen LogP contribution in [0.4, 0.5) is 0 Å². The van der Waals surface area contributed by atoms with Crippen molar-refractivity contribution in [1.82, 2.24) is 5.32 Å². The van der Waals surface area contributed by atoms with Crippen molar-refractivity contribution in [1.29, 1.82) is 0 Å². The molecule has 0 aliphatic heterocycles. The number of nitrogens with one attached hydrogen (secondary N) is 1. The molecular formula is C13H21NO. The lowest BCUT2D eigenvalue weighted by molar-refractivity contribution is 0.279. The van der Waals surface area contributed by atoms with Crippen LogP contribution in [0, 0.1) is 5.92 Å². The third-order valence-electron chi connectivity index (χ3n) is 2.52. The Kier molecular flexibility index (Phi) is 5.37. The zero-order valence-electron chi connectivity index (χ0n) is 9.61. The van der Waals surface area contributed by atoms with E-state index in [1.165, 1.54) is 5.56 Å². The second kappa shape index (κ2) is 6.59. The first kappa shape index (κ1) is 12.2. The second-order valence-corrected chi connectivity index (χ2v) is 4.16. The van der Waals surface area contributed by atoms with Gasteiger partial charge in [0.2, 0.25) is 0 Å². The van der Waals surface area contributed by atoms with Crippen molar-refractivity contribution < 1.29 is 5.11 Å². The SMILES string of the molecule is CC(C)[C@H](NCCCO)c1ccccc1. The van der Waals surface area contributed by atoms with Gasteiger partial charge in [-0.3, -0.25) is 0 Å². The van der Waals surface area contributed by atoms with Crippen LogP contribution in [-0.2, 0) is 0 Å². The molecule has 1 atom stereocenters. The average Bonchev–Trinajstić information content (AvgIpc) is 2.25. The Labute approximate surface area is 92.3 Å². The lowest BCUT2D eigenvalue weighted by atomic mass is 9.96. The van der Waals surface area contributed by atoms with Gasteiger partial charge in [-0.1, -0.05) is 44.2 Å². The number of rotatable bonds is 6. The largest absolute Gasteiger partial charge is 0.396 e. The van der Waals surface area contributed by atoms with Gasteiger partial charge in [0.05, 0.1) is 0 Å². The van der Waals surface area contributed by atoms with Crippen LogP contribution in [0.3, 0.4) is 0 Å². The maximum atomic E-state index is 8.75. The molecule has 2 nitrogen and oxygen atoms in total. The van der Waals surface area contributed by atoms with Crippen LogP contribution in [0.25, 0.3) is 0 Å². The molecule has 0 saturated heterocycles. The van der Waals surface area contributed by atoms with E-state index in [4.69, 9.17) is 5.11 Å². The first-order valence-corrected chi connectivity index (χ1v) is 5.65. The molecular weight excluding hydrogens is 186 g/mol. The van der Waals surface area contributed by atoms with Crippen LogP contribution < -0.4 is 5.32 Å². The highest BCUT2D eigenvalue weighted by Crippen LogP contribution is 2.20.